The van der Waals surface area contributed by atoms with Crippen molar-refractivity contribution in [3.8, 4) is 5.75 Å². The minimum atomic E-state index is -0.717. The minimum Gasteiger partial charge on any atom is -0.496 e. The predicted octanol–water partition coefficient (Wildman–Crippen LogP) is 4.34. The largest absolute Gasteiger partial charge is 0.496 e. The Balaban J connectivity index is 1.46. The van der Waals surface area contributed by atoms with Gasteiger partial charge in [0.25, 0.3) is 5.91 Å². The zero-order chi connectivity index (χ0) is 22.0. The second-order valence-corrected chi connectivity index (χ2v) is 7.73. The molecule has 0 bridgehead atoms. The van der Waals surface area contributed by atoms with Crippen LogP contribution in [-0.4, -0.2) is 34.6 Å². The number of carbonyl (C=O) groups is 1. The maximum absolute atomic E-state index is 12.9. The number of halogens is 1. The quantitative estimate of drug-likeness (QED) is 0.621. The lowest BCUT2D eigenvalue weighted by Crippen LogP contribution is -2.28. The van der Waals surface area contributed by atoms with E-state index in [0.29, 0.717) is 35.1 Å². The summed E-state index contributed by atoms with van der Waals surface area (Å²) < 4.78 is 7.21. The van der Waals surface area contributed by atoms with Crippen molar-refractivity contribution in [2.24, 2.45) is 5.16 Å². The van der Waals surface area contributed by atoms with E-state index in [1.165, 1.54) is 0 Å². The summed E-state index contributed by atoms with van der Waals surface area (Å²) in [6, 6.07) is 15.2. The molecular formula is C23H23ClN4O3. The zero-order valence-electron chi connectivity index (χ0n) is 17.6. The topological polar surface area (TPSA) is 77.7 Å². The molecule has 1 amide bonds. The van der Waals surface area contributed by atoms with Crippen LogP contribution in [0.2, 0.25) is 5.02 Å². The fourth-order valence-electron chi connectivity index (χ4n) is 3.58. The maximum Gasteiger partial charge on any atom is 0.268 e. The van der Waals surface area contributed by atoms with E-state index in [9.17, 15) is 4.79 Å². The van der Waals surface area contributed by atoms with E-state index in [1.54, 1.807) is 7.11 Å². The Hall–Kier alpha value is -3.32. The van der Waals surface area contributed by atoms with Crippen molar-refractivity contribution in [1.82, 2.24) is 9.78 Å². The number of oxime groups is 1. The molecule has 8 heteroatoms. The van der Waals surface area contributed by atoms with Gasteiger partial charge in [0.1, 0.15) is 5.75 Å². The van der Waals surface area contributed by atoms with Gasteiger partial charge in [-0.2, -0.15) is 5.10 Å². The van der Waals surface area contributed by atoms with Crippen molar-refractivity contribution in [3.05, 3.63) is 76.1 Å². The van der Waals surface area contributed by atoms with Crippen LogP contribution in [0.4, 0.5) is 5.69 Å². The Morgan fingerprint density at radius 2 is 1.97 bits per heavy atom. The van der Waals surface area contributed by atoms with E-state index in [0.717, 1.165) is 22.5 Å². The Morgan fingerprint density at radius 1 is 1.23 bits per heavy atom. The van der Waals surface area contributed by atoms with Gasteiger partial charge in [-0.05, 0) is 37.6 Å². The van der Waals surface area contributed by atoms with Crippen molar-refractivity contribution < 1.29 is 14.4 Å². The molecule has 7 nitrogen and oxygen atoms in total. The minimum absolute atomic E-state index is 0.267. The highest BCUT2D eigenvalue weighted by Crippen LogP contribution is 2.27. The molecule has 2 heterocycles. The molecule has 1 atom stereocenters. The number of methoxy groups -OCH3 is 1. The molecule has 0 saturated heterocycles. The summed E-state index contributed by atoms with van der Waals surface area (Å²) in [5.74, 6) is 0.426. The smallest absolute Gasteiger partial charge is 0.268 e. The van der Waals surface area contributed by atoms with Crippen LogP contribution in [0.15, 0.2) is 53.7 Å². The first-order valence-electron chi connectivity index (χ1n) is 9.92. The number of nitrogens with one attached hydrogen (secondary N) is 1. The van der Waals surface area contributed by atoms with Gasteiger partial charge in [-0.3, -0.25) is 9.48 Å². The van der Waals surface area contributed by atoms with E-state index in [2.05, 4.69) is 15.6 Å². The average molecular weight is 439 g/mol. The van der Waals surface area contributed by atoms with Gasteiger partial charge in [-0.15, -0.1) is 0 Å². The lowest BCUT2D eigenvalue weighted by Gasteiger charge is -2.11. The summed E-state index contributed by atoms with van der Waals surface area (Å²) in [5, 5.41) is 12.3. The Morgan fingerprint density at radius 3 is 2.74 bits per heavy atom. The van der Waals surface area contributed by atoms with Crippen LogP contribution in [0.25, 0.3) is 0 Å². The van der Waals surface area contributed by atoms with Crippen molar-refractivity contribution in [2.75, 3.05) is 12.4 Å². The van der Waals surface area contributed by atoms with Gasteiger partial charge in [0, 0.05) is 17.0 Å². The Labute approximate surface area is 185 Å². The number of anilines is 1. The number of carbonyl (C=O) groups excluding carboxylic acids is 1. The van der Waals surface area contributed by atoms with Gasteiger partial charge < -0.3 is 14.9 Å². The van der Waals surface area contributed by atoms with Crippen molar-refractivity contribution in [1.29, 1.82) is 0 Å². The molecule has 1 N–H and O–H groups in total. The third kappa shape index (κ3) is 4.27. The van der Waals surface area contributed by atoms with E-state index in [4.69, 9.17) is 21.2 Å². The van der Waals surface area contributed by atoms with Gasteiger partial charge in [0.15, 0.2) is 0 Å². The number of benzene rings is 2. The van der Waals surface area contributed by atoms with Crippen LogP contribution >= 0.6 is 11.6 Å². The third-order valence-electron chi connectivity index (χ3n) is 5.29. The summed E-state index contributed by atoms with van der Waals surface area (Å²) in [6.07, 6.45) is -0.358. The molecule has 1 aliphatic heterocycles. The summed E-state index contributed by atoms with van der Waals surface area (Å²) in [5.41, 5.74) is 4.70. The molecular weight excluding hydrogens is 416 g/mol. The SMILES string of the molecule is COc1ccccc1C1=NO[C@@H](C(=O)Nc2c(C)nn(Cc3ccccc3Cl)c2C)C1. The lowest BCUT2D eigenvalue weighted by atomic mass is 10.0. The van der Waals surface area contributed by atoms with E-state index >= 15 is 0 Å². The highest BCUT2D eigenvalue weighted by Gasteiger charge is 2.31. The molecule has 2 aromatic carbocycles. The monoisotopic (exact) mass is 438 g/mol. The molecule has 0 saturated carbocycles. The highest BCUT2D eigenvalue weighted by molar-refractivity contribution is 6.31. The number of hydrogen-bond donors (Lipinski definition) is 1. The first-order chi connectivity index (χ1) is 15.0. The summed E-state index contributed by atoms with van der Waals surface area (Å²) in [4.78, 5) is 18.3. The number of hydrogen-bond acceptors (Lipinski definition) is 5. The molecule has 0 radical (unpaired) electrons. The van der Waals surface area contributed by atoms with Crippen LogP contribution in [0, 0.1) is 13.8 Å². The molecule has 3 aromatic rings. The van der Waals surface area contributed by atoms with Crippen LogP contribution in [-0.2, 0) is 16.2 Å². The van der Waals surface area contributed by atoms with Crippen molar-refractivity contribution in [2.45, 2.75) is 32.9 Å². The van der Waals surface area contributed by atoms with Gasteiger partial charge in [0.05, 0.1) is 36.4 Å². The first-order valence-corrected chi connectivity index (χ1v) is 10.3. The lowest BCUT2D eigenvalue weighted by molar-refractivity contribution is -0.125. The van der Waals surface area contributed by atoms with Crippen LogP contribution < -0.4 is 10.1 Å². The predicted molar refractivity (Wildman–Crippen MR) is 120 cm³/mol. The maximum atomic E-state index is 12.9. The normalized spacial score (nSPS) is 15.4. The van der Waals surface area contributed by atoms with Gasteiger partial charge in [-0.25, -0.2) is 0 Å². The van der Waals surface area contributed by atoms with Crippen molar-refractivity contribution >= 4 is 28.9 Å². The Kier molecular flexibility index (Phi) is 5.95. The summed E-state index contributed by atoms with van der Waals surface area (Å²) >= 11 is 6.28. The first kappa shape index (κ1) is 20.9. The van der Waals surface area contributed by atoms with Gasteiger partial charge in [0.2, 0.25) is 6.10 Å². The fraction of sp³-hybridized carbons (Fsp3) is 0.261. The number of nitrogens with zero attached hydrogens (tertiary/aromatic N) is 3. The van der Waals surface area contributed by atoms with E-state index in [1.807, 2.05) is 67.1 Å². The molecule has 0 spiro atoms. The number of rotatable bonds is 6. The molecule has 160 valence electrons. The standard InChI is InChI=1S/C23H23ClN4O3/c1-14-22(15(2)28(26-14)13-16-8-4-6-10-18(16)24)25-23(29)21-12-19(27-31-21)17-9-5-7-11-20(17)30-3/h4-11,21H,12-13H2,1-3H3,(H,25,29)/t21-/m1/s1. The second kappa shape index (κ2) is 8.81. The summed E-state index contributed by atoms with van der Waals surface area (Å²) in [7, 11) is 1.60. The third-order valence-corrected chi connectivity index (χ3v) is 5.66. The van der Waals surface area contributed by atoms with Gasteiger partial charge >= 0.3 is 0 Å². The van der Waals surface area contributed by atoms with Crippen LogP contribution in [0.1, 0.15) is 28.9 Å². The fourth-order valence-corrected chi connectivity index (χ4v) is 3.78. The average Bonchev–Trinajstić information content (AvgIpc) is 3.36. The second-order valence-electron chi connectivity index (χ2n) is 7.32. The van der Waals surface area contributed by atoms with E-state index < -0.39 is 6.10 Å². The molecule has 31 heavy (non-hydrogen) atoms. The number of amides is 1. The zero-order valence-corrected chi connectivity index (χ0v) is 18.3. The molecule has 0 aliphatic carbocycles. The number of ether oxygens (including phenoxy) is 1. The number of para-hydroxylation sites is 1. The molecule has 4 rings (SSSR count). The molecule has 0 unspecified atom stereocenters. The van der Waals surface area contributed by atoms with Gasteiger partial charge in [-0.1, -0.05) is 47.1 Å². The summed E-state index contributed by atoms with van der Waals surface area (Å²) in [6.45, 7) is 4.29. The van der Waals surface area contributed by atoms with Crippen molar-refractivity contribution in [3.63, 3.8) is 0 Å². The number of aryl methyl sites for hydroxylation is 1. The van der Waals surface area contributed by atoms with Crippen LogP contribution in [0.3, 0.4) is 0 Å². The molecule has 0 fully saturated rings. The van der Waals surface area contributed by atoms with Crippen LogP contribution in [0.5, 0.6) is 5.75 Å². The Bertz CT molecular complexity index is 1160. The molecule has 1 aliphatic rings. The molecule has 1 aromatic heterocycles. The van der Waals surface area contributed by atoms with E-state index in [-0.39, 0.29) is 5.91 Å². The number of aromatic nitrogens is 2. The highest BCUT2D eigenvalue weighted by atomic mass is 35.5.